The van der Waals surface area contributed by atoms with Crippen molar-refractivity contribution in [3.8, 4) is 0 Å². The molecule has 0 radical (unpaired) electrons. The first-order valence-corrected chi connectivity index (χ1v) is 23.0. The summed E-state index contributed by atoms with van der Waals surface area (Å²) in [5.41, 5.74) is 0. The van der Waals surface area contributed by atoms with Gasteiger partial charge in [0.25, 0.3) is 0 Å². The maximum absolute atomic E-state index is 12.1. The lowest BCUT2D eigenvalue weighted by molar-refractivity contribution is -0.147. The molecular weight excluding hydrogens is 665 g/mol. The Bertz CT molecular complexity index is 815. The van der Waals surface area contributed by atoms with Crippen LogP contribution in [0.1, 0.15) is 219 Å². The molecule has 0 saturated heterocycles. The zero-order valence-electron chi connectivity index (χ0n) is 33.3. The first-order chi connectivity index (χ1) is 24.8. The highest BCUT2D eigenvalue weighted by Crippen LogP contribution is 2.42. The molecule has 0 aliphatic carbocycles. The lowest BCUT2D eigenvalue weighted by atomic mass is 10.0. The van der Waals surface area contributed by atoms with Crippen LogP contribution in [0.4, 0.5) is 0 Å². The van der Waals surface area contributed by atoms with Crippen molar-refractivity contribution < 1.29 is 37.9 Å². The molecule has 2 unspecified atom stereocenters. The van der Waals surface area contributed by atoms with Crippen LogP contribution in [0, 0.1) is 0 Å². The minimum atomic E-state index is -4.40. The molecule has 0 aliphatic heterocycles. The largest absolute Gasteiger partial charge is 0.472 e. The van der Waals surface area contributed by atoms with E-state index in [2.05, 4.69) is 19.2 Å². The fourth-order valence-electron chi connectivity index (χ4n) is 6.26. The summed E-state index contributed by atoms with van der Waals surface area (Å²) in [5.74, 6) is -0.505. The average Bonchev–Trinajstić information content (AvgIpc) is 3.11. The standard InChI is InChI=1S/C41H82NO8P/c1-3-5-7-9-11-13-15-17-18-19-20-21-22-24-26-28-30-32-34-41(45)48-37-39(43)38-50-51(46,47)49-36-35-42-40(44)33-31-29-27-25-23-16-14-12-10-8-6-4-2/h39,43H,3-38H2,1-2H3,(H,42,44)(H,46,47). The summed E-state index contributed by atoms with van der Waals surface area (Å²) in [7, 11) is -4.40. The molecule has 304 valence electrons. The van der Waals surface area contributed by atoms with Crippen LogP contribution >= 0.6 is 7.82 Å². The number of rotatable bonds is 41. The van der Waals surface area contributed by atoms with Crippen molar-refractivity contribution in [2.75, 3.05) is 26.4 Å². The summed E-state index contributed by atoms with van der Waals surface area (Å²) in [6, 6.07) is 0. The number of amides is 1. The maximum atomic E-state index is 12.1. The van der Waals surface area contributed by atoms with E-state index >= 15 is 0 Å². The monoisotopic (exact) mass is 748 g/mol. The Hall–Kier alpha value is -0.990. The third-order valence-electron chi connectivity index (χ3n) is 9.54. The Labute approximate surface area is 314 Å². The summed E-state index contributed by atoms with van der Waals surface area (Å²) in [5, 5.41) is 12.7. The van der Waals surface area contributed by atoms with E-state index in [-0.39, 0.29) is 25.7 Å². The van der Waals surface area contributed by atoms with Gasteiger partial charge in [-0.15, -0.1) is 0 Å². The van der Waals surface area contributed by atoms with Gasteiger partial charge in [-0.25, -0.2) is 4.57 Å². The molecule has 0 fully saturated rings. The maximum Gasteiger partial charge on any atom is 0.472 e. The minimum Gasteiger partial charge on any atom is -0.463 e. The van der Waals surface area contributed by atoms with Crippen molar-refractivity contribution in [3.05, 3.63) is 0 Å². The van der Waals surface area contributed by atoms with Gasteiger partial charge in [-0.3, -0.25) is 18.6 Å². The first kappa shape index (κ1) is 50.0. The summed E-state index contributed by atoms with van der Waals surface area (Å²) >= 11 is 0. The van der Waals surface area contributed by atoms with E-state index in [1.165, 1.54) is 154 Å². The third kappa shape index (κ3) is 40.0. The van der Waals surface area contributed by atoms with E-state index < -0.39 is 26.5 Å². The van der Waals surface area contributed by atoms with Crippen molar-refractivity contribution in [3.63, 3.8) is 0 Å². The smallest absolute Gasteiger partial charge is 0.463 e. The van der Waals surface area contributed by atoms with Crippen LogP contribution in [-0.4, -0.2) is 54.3 Å². The van der Waals surface area contributed by atoms with Crippen molar-refractivity contribution in [2.45, 2.75) is 225 Å². The average molecular weight is 748 g/mol. The molecule has 0 saturated carbocycles. The van der Waals surface area contributed by atoms with Crippen molar-refractivity contribution in [2.24, 2.45) is 0 Å². The van der Waals surface area contributed by atoms with Crippen molar-refractivity contribution >= 4 is 19.7 Å². The van der Waals surface area contributed by atoms with Crippen molar-refractivity contribution in [1.82, 2.24) is 5.32 Å². The SMILES string of the molecule is CCCCCCCCCCCCCCCCCCCCC(=O)OCC(O)COP(=O)(O)OCCNC(=O)CCCCCCCCCCCCCC. The normalized spacial score (nSPS) is 13.3. The number of phosphoric ester groups is 1. The van der Waals surface area contributed by atoms with Gasteiger partial charge in [-0.2, -0.15) is 0 Å². The molecule has 1 amide bonds. The molecule has 0 aromatic carbocycles. The van der Waals surface area contributed by atoms with Gasteiger partial charge < -0.3 is 20.1 Å². The van der Waals surface area contributed by atoms with Gasteiger partial charge in [-0.05, 0) is 12.8 Å². The van der Waals surface area contributed by atoms with Gasteiger partial charge in [-0.1, -0.05) is 194 Å². The summed E-state index contributed by atoms with van der Waals surface area (Å²) in [6.45, 7) is 3.59. The van der Waals surface area contributed by atoms with E-state index in [4.69, 9.17) is 13.8 Å². The van der Waals surface area contributed by atoms with Gasteiger partial charge in [0.2, 0.25) is 5.91 Å². The van der Waals surface area contributed by atoms with Crippen LogP contribution in [0.3, 0.4) is 0 Å². The van der Waals surface area contributed by atoms with Gasteiger partial charge >= 0.3 is 13.8 Å². The molecule has 3 N–H and O–H groups in total. The second-order valence-electron chi connectivity index (χ2n) is 14.7. The zero-order chi connectivity index (χ0) is 37.5. The number of hydrogen-bond acceptors (Lipinski definition) is 7. The molecule has 0 heterocycles. The van der Waals surface area contributed by atoms with Crippen LogP contribution in [0.15, 0.2) is 0 Å². The van der Waals surface area contributed by atoms with E-state index in [0.717, 1.165) is 38.5 Å². The number of carbonyl (C=O) groups excluding carboxylic acids is 2. The highest BCUT2D eigenvalue weighted by Gasteiger charge is 2.23. The lowest BCUT2D eigenvalue weighted by Gasteiger charge is -2.15. The van der Waals surface area contributed by atoms with E-state index in [1.807, 2.05) is 0 Å². The van der Waals surface area contributed by atoms with Gasteiger partial charge in [0.15, 0.2) is 0 Å². The fourth-order valence-corrected chi connectivity index (χ4v) is 7.02. The van der Waals surface area contributed by atoms with E-state index in [1.54, 1.807) is 0 Å². The lowest BCUT2D eigenvalue weighted by Crippen LogP contribution is -2.27. The van der Waals surface area contributed by atoms with E-state index in [9.17, 15) is 24.2 Å². The quantitative estimate of drug-likeness (QED) is 0.0320. The molecule has 0 aromatic rings. The van der Waals surface area contributed by atoms with Crippen LogP contribution in [0.5, 0.6) is 0 Å². The highest BCUT2D eigenvalue weighted by molar-refractivity contribution is 7.47. The predicted octanol–water partition coefficient (Wildman–Crippen LogP) is 11.7. The van der Waals surface area contributed by atoms with Gasteiger partial charge in [0, 0.05) is 19.4 Å². The van der Waals surface area contributed by atoms with Crippen LogP contribution in [0.25, 0.3) is 0 Å². The Kier molecular flexibility index (Phi) is 38.0. The van der Waals surface area contributed by atoms with Gasteiger partial charge in [0.1, 0.15) is 12.7 Å². The molecule has 10 heteroatoms. The van der Waals surface area contributed by atoms with Crippen LogP contribution < -0.4 is 5.32 Å². The number of unbranched alkanes of at least 4 members (excludes halogenated alkanes) is 28. The number of esters is 1. The van der Waals surface area contributed by atoms with Crippen molar-refractivity contribution in [1.29, 1.82) is 0 Å². The summed E-state index contributed by atoms with van der Waals surface area (Å²) < 4.78 is 26.8. The highest BCUT2D eigenvalue weighted by atomic mass is 31.2. The fraction of sp³-hybridized carbons (Fsp3) is 0.951. The predicted molar refractivity (Wildman–Crippen MR) is 211 cm³/mol. The molecule has 0 bridgehead atoms. The Morgan fingerprint density at radius 2 is 0.882 bits per heavy atom. The number of hydrogen-bond donors (Lipinski definition) is 3. The molecule has 0 spiro atoms. The Morgan fingerprint density at radius 1 is 0.529 bits per heavy atom. The second kappa shape index (κ2) is 38.7. The molecule has 9 nitrogen and oxygen atoms in total. The Morgan fingerprint density at radius 3 is 1.27 bits per heavy atom. The molecule has 2 atom stereocenters. The Balaban J connectivity index is 3.55. The molecule has 0 aliphatic rings. The number of nitrogens with one attached hydrogen (secondary N) is 1. The minimum absolute atomic E-state index is 0.0879. The number of carbonyl (C=O) groups is 2. The molecular formula is C41H82NO8P. The molecule has 0 aromatic heterocycles. The zero-order valence-corrected chi connectivity index (χ0v) is 34.2. The van der Waals surface area contributed by atoms with E-state index in [0.29, 0.717) is 12.8 Å². The molecule has 0 rings (SSSR count). The first-order valence-electron chi connectivity index (χ1n) is 21.5. The topological polar surface area (TPSA) is 131 Å². The number of ether oxygens (including phenoxy) is 1. The van der Waals surface area contributed by atoms with Crippen LogP contribution in [-0.2, 0) is 27.9 Å². The summed E-state index contributed by atoms with van der Waals surface area (Å²) in [6.07, 6.45) is 37.4. The number of phosphoric acid groups is 1. The number of aliphatic hydroxyl groups excluding tert-OH is 1. The van der Waals surface area contributed by atoms with Crippen LogP contribution in [0.2, 0.25) is 0 Å². The summed E-state index contributed by atoms with van der Waals surface area (Å²) in [4.78, 5) is 33.8. The number of aliphatic hydroxyl groups is 1. The second-order valence-corrected chi connectivity index (χ2v) is 16.1. The third-order valence-corrected chi connectivity index (χ3v) is 10.5. The van der Waals surface area contributed by atoms with Gasteiger partial charge in [0.05, 0.1) is 13.2 Å². The molecule has 51 heavy (non-hydrogen) atoms.